The van der Waals surface area contributed by atoms with Gasteiger partial charge in [0, 0.05) is 24.8 Å². The number of alkyl halides is 3. The summed E-state index contributed by atoms with van der Waals surface area (Å²) in [4.78, 5) is 29.8. The van der Waals surface area contributed by atoms with Crippen molar-refractivity contribution >= 4 is 11.8 Å². The molecule has 12 heteroatoms. The summed E-state index contributed by atoms with van der Waals surface area (Å²) in [5.41, 5.74) is 8.85. The smallest absolute Gasteiger partial charge is 0.356 e. The summed E-state index contributed by atoms with van der Waals surface area (Å²) in [7, 11) is 0. The highest BCUT2D eigenvalue weighted by molar-refractivity contribution is 5.79. The number of hydroxylamine groups is 1. The Bertz CT molecular complexity index is 750. The molecule has 6 N–H and O–H groups in total. The molecule has 4 rings (SSSR count). The molecule has 2 saturated carbocycles. The van der Waals surface area contributed by atoms with Gasteiger partial charge in [0.05, 0.1) is 18.2 Å². The van der Waals surface area contributed by atoms with Gasteiger partial charge >= 0.3 is 6.18 Å². The number of hydrazine groups is 1. The molecule has 2 aliphatic heterocycles. The minimum atomic E-state index is -4.09. The number of rotatable bonds is 11. The second-order valence-corrected chi connectivity index (χ2v) is 11.1. The third kappa shape index (κ3) is 8.26. The second kappa shape index (κ2) is 13.5. The van der Waals surface area contributed by atoms with Crippen molar-refractivity contribution in [2.24, 2.45) is 23.7 Å². The fourth-order valence-corrected chi connectivity index (χ4v) is 6.29. The lowest BCUT2D eigenvalue weighted by molar-refractivity contribution is -0.184. The number of halogens is 3. The van der Waals surface area contributed by atoms with Gasteiger partial charge in [0.2, 0.25) is 11.8 Å². The van der Waals surface area contributed by atoms with E-state index in [4.69, 9.17) is 4.84 Å². The summed E-state index contributed by atoms with van der Waals surface area (Å²) in [6, 6.07) is 0. The zero-order valence-electron chi connectivity index (χ0n) is 21.5. The van der Waals surface area contributed by atoms with E-state index in [2.05, 4.69) is 32.3 Å². The molecule has 4 fully saturated rings. The maximum absolute atomic E-state index is 12.9. The van der Waals surface area contributed by atoms with Crippen molar-refractivity contribution in [3.63, 3.8) is 0 Å². The summed E-state index contributed by atoms with van der Waals surface area (Å²) < 4.78 is 38.6. The fourth-order valence-electron chi connectivity index (χ4n) is 6.29. The molecule has 5 atom stereocenters. The van der Waals surface area contributed by atoms with E-state index in [0.29, 0.717) is 44.6 Å². The average Bonchev–Trinajstić information content (AvgIpc) is 3.36. The number of nitrogens with one attached hydrogen (secondary N) is 6. The quantitative estimate of drug-likeness (QED) is 0.227. The zero-order chi connectivity index (χ0) is 26.3. The van der Waals surface area contributed by atoms with Crippen molar-refractivity contribution < 1.29 is 27.6 Å². The Morgan fingerprint density at radius 2 is 1.76 bits per heavy atom. The molecule has 9 nitrogen and oxygen atoms in total. The highest BCUT2D eigenvalue weighted by Crippen LogP contribution is 2.40. The highest BCUT2D eigenvalue weighted by atomic mass is 19.4. The van der Waals surface area contributed by atoms with Crippen molar-refractivity contribution in [2.45, 2.75) is 108 Å². The largest absolute Gasteiger partial charge is 0.391 e. The van der Waals surface area contributed by atoms with E-state index in [1.165, 1.54) is 6.42 Å². The molecule has 2 aliphatic carbocycles. The number of hydrogen-bond donors (Lipinski definition) is 6. The monoisotopic (exact) mass is 532 g/mol. The van der Waals surface area contributed by atoms with Gasteiger partial charge in [-0.1, -0.05) is 12.8 Å². The second-order valence-electron chi connectivity index (χ2n) is 11.1. The number of unbranched alkanes of at least 4 members (excludes halogenated alkanes) is 1. The number of carbonyl (C=O) groups excluding carboxylic acids is 2. The lowest BCUT2D eigenvalue weighted by atomic mass is 9.76. The van der Waals surface area contributed by atoms with Gasteiger partial charge in [0.25, 0.3) is 0 Å². The van der Waals surface area contributed by atoms with Crippen LogP contribution in [0.1, 0.15) is 83.5 Å². The number of amides is 2. The van der Waals surface area contributed by atoms with Crippen LogP contribution in [0.5, 0.6) is 0 Å². The lowest BCUT2D eigenvalue weighted by Gasteiger charge is -2.41. The minimum Gasteiger partial charge on any atom is -0.356 e. The predicted molar refractivity (Wildman–Crippen MR) is 131 cm³/mol. The zero-order valence-corrected chi connectivity index (χ0v) is 21.5. The van der Waals surface area contributed by atoms with E-state index in [1.807, 2.05) is 0 Å². The summed E-state index contributed by atoms with van der Waals surface area (Å²) in [5, 5.41) is 9.80. The van der Waals surface area contributed by atoms with Crippen LogP contribution in [0, 0.1) is 23.7 Å². The van der Waals surface area contributed by atoms with Crippen LogP contribution in [-0.2, 0) is 14.4 Å². The van der Waals surface area contributed by atoms with Gasteiger partial charge < -0.3 is 10.6 Å². The third-order valence-electron chi connectivity index (χ3n) is 8.50. The Balaban J connectivity index is 1.00. The highest BCUT2D eigenvalue weighted by Gasteiger charge is 2.43. The fraction of sp³-hybridized carbons (Fsp3) is 0.920. The summed E-state index contributed by atoms with van der Waals surface area (Å²) in [6.07, 6.45) is 4.92. The molecule has 0 spiro atoms. The van der Waals surface area contributed by atoms with E-state index in [1.54, 1.807) is 0 Å². The number of hydrogen-bond acceptors (Lipinski definition) is 7. The van der Waals surface area contributed by atoms with E-state index in [9.17, 15) is 22.8 Å². The van der Waals surface area contributed by atoms with Crippen molar-refractivity contribution in [3.05, 3.63) is 0 Å². The Kier molecular flexibility index (Phi) is 10.4. The normalized spacial score (nSPS) is 34.6. The average molecular weight is 533 g/mol. The van der Waals surface area contributed by atoms with E-state index in [-0.39, 0.29) is 55.1 Å². The van der Waals surface area contributed by atoms with Crippen molar-refractivity contribution in [2.75, 3.05) is 13.1 Å². The van der Waals surface area contributed by atoms with Crippen LogP contribution in [0.15, 0.2) is 0 Å². The van der Waals surface area contributed by atoms with Crippen LogP contribution in [0.2, 0.25) is 0 Å². The Labute approximate surface area is 217 Å². The van der Waals surface area contributed by atoms with Gasteiger partial charge in [-0.2, -0.15) is 18.7 Å². The molecule has 37 heavy (non-hydrogen) atoms. The Hall–Kier alpha value is -1.47. The van der Waals surface area contributed by atoms with Gasteiger partial charge in [0.15, 0.2) is 0 Å². The molecule has 4 aliphatic rings. The third-order valence-corrected chi connectivity index (χ3v) is 8.50. The van der Waals surface area contributed by atoms with Gasteiger partial charge in [-0.15, -0.1) is 0 Å². The Morgan fingerprint density at radius 1 is 1.00 bits per heavy atom. The molecular weight excluding hydrogens is 489 g/mol. The Morgan fingerprint density at radius 3 is 2.54 bits per heavy atom. The first-order valence-corrected chi connectivity index (χ1v) is 14.1. The number of fused-ring (bicyclic) bond motifs is 1. The van der Waals surface area contributed by atoms with Gasteiger partial charge in [-0.05, 0) is 76.7 Å². The molecule has 0 aromatic carbocycles. The van der Waals surface area contributed by atoms with E-state index >= 15 is 0 Å². The summed E-state index contributed by atoms with van der Waals surface area (Å²) in [6.45, 7) is 1.45. The van der Waals surface area contributed by atoms with Crippen molar-refractivity contribution in [1.82, 2.24) is 32.3 Å². The van der Waals surface area contributed by atoms with Crippen LogP contribution in [0.25, 0.3) is 0 Å². The van der Waals surface area contributed by atoms with Crippen LogP contribution >= 0.6 is 0 Å². The molecule has 0 bridgehead atoms. The first-order valence-electron chi connectivity index (χ1n) is 14.1. The molecule has 2 heterocycles. The molecule has 0 aromatic rings. The summed E-state index contributed by atoms with van der Waals surface area (Å²) >= 11 is 0. The molecule has 5 unspecified atom stereocenters. The number of carbonyl (C=O) groups is 2. The van der Waals surface area contributed by atoms with Crippen molar-refractivity contribution in [3.8, 4) is 0 Å². The molecule has 212 valence electrons. The summed E-state index contributed by atoms with van der Waals surface area (Å²) in [5.74, 6) is -0.476. The van der Waals surface area contributed by atoms with Crippen LogP contribution in [0.4, 0.5) is 13.2 Å². The van der Waals surface area contributed by atoms with Crippen LogP contribution < -0.4 is 32.3 Å². The molecule has 2 amide bonds. The van der Waals surface area contributed by atoms with Crippen molar-refractivity contribution in [1.29, 1.82) is 0 Å². The van der Waals surface area contributed by atoms with E-state index in [0.717, 1.165) is 38.6 Å². The first kappa shape index (κ1) is 28.5. The SMILES string of the molecule is O=C(CCCC1NC(C2CCC(C(F)(F)F)CC2)NO1)NCCCCNC1NNC(=O)C2CCCCC12. The van der Waals surface area contributed by atoms with Gasteiger partial charge in [-0.3, -0.25) is 25.2 Å². The van der Waals surface area contributed by atoms with Gasteiger partial charge in [0.1, 0.15) is 6.23 Å². The molecule has 0 radical (unpaired) electrons. The molecule has 0 aromatic heterocycles. The first-order chi connectivity index (χ1) is 17.8. The maximum atomic E-state index is 12.9. The maximum Gasteiger partial charge on any atom is 0.391 e. The van der Waals surface area contributed by atoms with Crippen LogP contribution in [0.3, 0.4) is 0 Å². The molecular formula is C25H43F3N6O3. The lowest BCUT2D eigenvalue weighted by Crippen LogP contribution is -2.64. The van der Waals surface area contributed by atoms with Gasteiger partial charge in [-0.25, -0.2) is 5.43 Å². The minimum absolute atomic E-state index is 0.0163. The predicted octanol–water partition coefficient (Wildman–Crippen LogP) is 2.55. The topological polar surface area (TPSA) is 116 Å². The van der Waals surface area contributed by atoms with Crippen LogP contribution in [-0.4, -0.2) is 49.6 Å². The molecule has 2 saturated heterocycles. The van der Waals surface area contributed by atoms with E-state index < -0.39 is 12.1 Å². The standard InChI is InChI=1S/C25H43F3N6O3/c26-25(27,28)17-12-10-16(11-13-17)22-31-21(37-34-22)9-5-8-20(35)29-14-3-4-15-30-23-18-6-1-2-7-19(18)24(36)33-32-23/h16-19,21-23,30-32,34H,1-15H2,(H,29,35)(H,33,36).